The van der Waals surface area contributed by atoms with E-state index in [1.165, 1.54) is 6.42 Å². The normalized spacial score (nSPS) is 22.9. The molecule has 0 saturated carbocycles. The number of nitrogens with two attached hydrogens (primary N) is 1. The van der Waals surface area contributed by atoms with Gasteiger partial charge in [-0.3, -0.25) is 4.79 Å². The van der Waals surface area contributed by atoms with Gasteiger partial charge in [-0.1, -0.05) is 0 Å². The monoisotopic (exact) mass is 241 g/mol. The van der Waals surface area contributed by atoms with Crippen molar-refractivity contribution in [2.24, 2.45) is 5.73 Å². The van der Waals surface area contributed by atoms with Crippen molar-refractivity contribution in [2.45, 2.75) is 51.1 Å². The van der Waals surface area contributed by atoms with Crippen LogP contribution in [0.4, 0.5) is 0 Å². The first kappa shape index (κ1) is 14.5. The van der Waals surface area contributed by atoms with Crippen molar-refractivity contribution in [3.63, 3.8) is 0 Å². The summed E-state index contributed by atoms with van der Waals surface area (Å²) in [6.45, 7) is 3.82. The minimum absolute atomic E-state index is 0.207. The van der Waals surface area contributed by atoms with Crippen molar-refractivity contribution in [2.75, 3.05) is 27.2 Å². The van der Waals surface area contributed by atoms with Gasteiger partial charge in [0.05, 0.1) is 0 Å². The van der Waals surface area contributed by atoms with Crippen molar-refractivity contribution in [1.29, 1.82) is 0 Å². The van der Waals surface area contributed by atoms with E-state index in [2.05, 4.69) is 19.0 Å². The number of hydrogen-bond acceptors (Lipinski definition) is 3. The molecule has 1 amide bonds. The van der Waals surface area contributed by atoms with Crippen LogP contribution in [0, 0.1) is 0 Å². The predicted octanol–water partition coefficient (Wildman–Crippen LogP) is 1.06. The summed E-state index contributed by atoms with van der Waals surface area (Å²) in [5, 5.41) is 0. The second-order valence-corrected chi connectivity index (χ2v) is 5.47. The highest BCUT2D eigenvalue weighted by Crippen LogP contribution is 2.15. The van der Waals surface area contributed by atoms with Gasteiger partial charge in [0, 0.05) is 31.6 Å². The van der Waals surface area contributed by atoms with Crippen molar-refractivity contribution in [3.05, 3.63) is 0 Å². The third kappa shape index (κ3) is 5.04. The van der Waals surface area contributed by atoms with Crippen LogP contribution in [-0.4, -0.2) is 55.0 Å². The second kappa shape index (κ2) is 6.97. The van der Waals surface area contributed by atoms with Gasteiger partial charge in [-0.15, -0.1) is 0 Å². The molecule has 0 aliphatic carbocycles. The number of carbonyl (C=O) groups excluding carboxylic acids is 1. The van der Waals surface area contributed by atoms with Crippen molar-refractivity contribution < 1.29 is 4.79 Å². The fourth-order valence-electron chi connectivity index (χ4n) is 2.34. The smallest absolute Gasteiger partial charge is 0.222 e. The Morgan fingerprint density at radius 3 is 2.82 bits per heavy atom. The van der Waals surface area contributed by atoms with Gasteiger partial charge >= 0.3 is 0 Å². The predicted molar refractivity (Wildman–Crippen MR) is 70.8 cm³/mol. The van der Waals surface area contributed by atoms with E-state index in [1.54, 1.807) is 0 Å². The van der Waals surface area contributed by atoms with E-state index in [-0.39, 0.29) is 6.04 Å². The molecule has 0 bridgehead atoms. The van der Waals surface area contributed by atoms with Gasteiger partial charge in [-0.05, 0) is 46.7 Å². The average Bonchev–Trinajstić information content (AvgIpc) is 2.28. The third-order valence-corrected chi connectivity index (χ3v) is 3.53. The van der Waals surface area contributed by atoms with Crippen molar-refractivity contribution >= 4 is 5.91 Å². The zero-order valence-corrected chi connectivity index (χ0v) is 11.5. The van der Waals surface area contributed by atoms with Crippen LogP contribution in [-0.2, 0) is 4.79 Å². The van der Waals surface area contributed by atoms with Crippen LogP contribution in [0.5, 0.6) is 0 Å². The number of piperidine rings is 1. The Balaban J connectivity index is 2.31. The molecule has 2 atom stereocenters. The highest BCUT2D eigenvalue weighted by atomic mass is 16.2. The largest absolute Gasteiger partial charge is 0.341 e. The van der Waals surface area contributed by atoms with Crippen LogP contribution in [0.25, 0.3) is 0 Å². The van der Waals surface area contributed by atoms with Gasteiger partial charge in [0.1, 0.15) is 0 Å². The number of nitrogens with zero attached hydrogens (tertiary/aromatic N) is 2. The summed E-state index contributed by atoms with van der Waals surface area (Å²) in [7, 11) is 4.18. The van der Waals surface area contributed by atoms with Gasteiger partial charge in [0.2, 0.25) is 5.91 Å². The molecular weight excluding hydrogens is 214 g/mol. The highest BCUT2D eigenvalue weighted by molar-refractivity contribution is 5.76. The van der Waals surface area contributed by atoms with Crippen LogP contribution in [0.1, 0.15) is 39.0 Å². The summed E-state index contributed by atoms with van der Waals surface area (Å²) < 4.78 is 0. The summed E-state index contributed by atoms with van der Waals surface area (Å²) in [6.07, 6.45) is 4.84. The molecule has 1 aliphatic heterocycles. The molecule has 0 aromatic rings. The topological polar surface area (TPSA) is 49.6 Å². The van der Waals surface area contributed by atoms with Crippen molar-refractivity contribution in [1.82, 2.24) is 9.80 Å². The van der Waals surface area contributed by atoms with E-state index in [9.17, 15) is 4.79 Å². The molecule has 1 aliphatic rings. The number of carbonyl (C=O) groups is 1. The lowest BCUT2D eigenvalue weighted by molar-refractivity contribution is -0.133. The molecular formula is C13H27N3O. The van der Waals surface area contributed by atoms with E-state index in [0.29, 0.717) is 18.4 Å². The standard InChI is InChI=1S/C13H27N3O/c1-11(14)6-4-8-13(17)16-9-5-7-12(10-16)15(2)3/h11-12H,4-10,14H2,1-3H3. The van der Waals surface area contributed by atoms with Gasteiger partial charge in [-0.25, -0.2) is 0 Å². The number of amides is 1. The maximum Gasteiger partial charge on any atom is 0.222 e. The second-order valence-electron chi connectivity index (χ2n) is 5.47. The lowest BCUT2D eigenvalue weighted by Gasteiger charge is -2.36. The summed E-state index contributed by atoms with van der Waals surface area (Å²) in [5.74, 6) is 0.303. The molecule has 1 fully saturated rings. The Morgan fingerprint density at radius 1 is 1.53 bits per heavy atom. The molecule has 4 nitrogen and oxygen atoms in total. The van der Waals surface area contributed by atoms with Gasteiger partial charge in [0.15, 0.2) is 0 Å². The fraction of sp³-hybridized carbons (Fsp3) is 0.923. The molecule has 0 spiro atoms. The lowest BCUT2D eigenvalue weighted by Crippen LogP contribution is -2.47. The van der Waals surface area contributed by atoms with E-state index in [0.717, 1.165) is 32.4 Å². The summed E-state index contributed by atoms with van der Waals surface area (Å²) in [5.41, 5.74) is 5.69. The SMILES string of the molecule is CC(N)CCCC(=O)N1CCCC(N(C)C)C1. The Labute approximate surface area is 105 Å². The third-order valence-electron chi connectivity index (χ3n) is 3.53. The van der Waals surface area contributed by atoms with E-state index < -0.39 is 0 Å². The zero-order chi connectivity index (χ0) is 12.8. The highest BCUT2D eigenvalue weighted by Gasteiger charge is 2.24. The molecule has 0 radical (unpaired) electrons. The molecule has 0 aromatic carbocycles. The van der Waals surface area contributed by atoms with E-state index in [4.69, 9.17) is 5.73 Å². The van der Waals surface area contributed by atoms with Gasteiger partial charge < -0.3 is 15.5 Å². The van der Waals surface area contributed by atoms with Crippen LogP contribution in [0.15, 0.2) is 0 Å². The maximum atomic E-state index is 12.0. The van der Waals surface area contributed by atoms with Crippen molar-refractivity contribution in [3.8, 4) is 0 Å². The molecule has 1 saturated heterocycles. The summed E-state index contributed by atoms with van der Waals surface area (Å²) in [6, 6.07) is 0.736. The van der Waals surface area contributed by atoms with Crippen LogP contribution in [0.3, 0.4) is 0 Å². The first-order valence-electron chi connectivity index (χ1n) is 6.70. The number of rotatable bonds is 5. The molecule has 1 rings (SSSR count). The van der Waals surface area contributed by atoms with E-state index in [1.807, 2.05) is 11.8 Å². The Hall–Kier alpha value is -0.610. The molecule has 17 heavy (non-hydrogen) atoms. The lowest BCUT2D eigenvalue weighted by atomic mass is 10.0. The number of hydrogen-bond donors (Lipinski definition) is 1. The summed E-state index contributed by atoms with van der Waals surface area (Å²) in [4.78, 5) is 16.3. The first-order chi connectivity index (χ1) is 8.00. The number of likely N-dealkylation sites (tertiary alicyclic amines) is 1. The molecule has 4 heteroatoms. The molecule has 0 aromatic heterocycles. The summed E-state index contributed by atoms with van der Waals surface area (Å²) >= 11 is 0. The molecule has 2 N–H and O–H groups in total. The molecule has 1 heterocycles. The number of likely N-dealkylation sites (N-methyl/N-ethyl adjacent to an activating group) is 1. The van der Waals surface area contributed by atoms with Crippen LogP contribution in [0.2, 0.25) is 0 Å². The first-order valence-corrected chi connectivity index (χ1v) is 6.70. The fourth-order valence-corrected chi connectivity index (χ4v) is 2.34. The Bertz CT molecular complexity index is 241. The Kier molecular flexibility index (Phi) is 5.92. The average molecular weight is 241 g/mol. The zero-order valence-electron chi connectivity index (χ0n) is 11.5. The molecule has 2 unspecified atom stereocenters. The minimum Gasteiger partial charge on any atom is -0.341 e. The maximum absolute atomic E-state index is 12.0. The molecule has 100 valence electrons. The van der Waals surface area contributed by atoms with Gasteiger partial charge in [0.25, 0.3) is 0 Å². The Morgan fingerprint density at radius 2 is 2.24 bits per heavy atom. The van der Waals surface area contributed by atoms with Crippen LogP contribution >= 0.6 is 0 Å². The quantitative estimate of drug-likeness (QED) is 0.783. The van der Waals surface area contributed by atoms with E-state index >= 15 is 0 Å². The van der Waals surface area contributed by atoms with Gasteiger partial charge in [-0.2, -0.15) is 0 Å². The van der Waals surface area contributed by atoms with Crippen LogP contribution < -0.4 is 5.73 Å². The minimum atomic E-state index is 0.207.